The Kier molecular flexibility index (Phi) is 4.39. The number of rotatable bonds is 5. The molecule has 0 heterocycles. The molecule has 0 saturated carbocycles. The van der Waals surface area contributed by atoms with Gasteiger partial charge in [-0.2, -0.15) is 0 Å². The molecule has 100 valence electrons. The van der Waals surface area contributed by atoms with Gasteiger partial charge in [0.05, 0.1) is 12.6 Å². The van der Waals surface area contributed by atoms with Crippen LogP contribution in [0, 0.1) is 0 Å². The zero-order valence-electron chi connectivity index (χ0n) is 10.5. The fourth-order valence-corrected chi connectivity index (χ4v) is 1.79. The van der Waals surface area contributed by atoms with Crippen LogP contribution in [0.4, 0.5) is 0 Å². The molecule has 4 N–H and O–H groups in total. The molecule has 0 aliphatic carbocycles. The maximum atomic E-state index is 10.1. The van der Waals surface area contributed by atoms with Gasteiger partial charge >= 0.3 is 0 Å². The largest absolute Gasteiger partial charge is 0.504 e. The summed E-state index contributed by atoms with van der Waals surface area (Å²) in [4.78, 5) is 0. The molecule has 2 rings (SSSR count). The molecule has 0 amide bonds. The highest BCUT2D eigenvalue weighted by molar-refractivity contribution is 5.47. The number of phenols is 1. The second-order valence-electron chi connectivity index (χ2n) is 4.26. The predicted molar refractivity (Wildman–Crippen MR) is 72.9 cm³/mol. The Labute approximate surface area is 112 Å². The maximum absolute atomic E-state index is 10.1. The van der Waals surface area contributed by atoms with Crippen molar-refractivity contribution in [3.63, 3.8) is 0 Å². The minimum absolute atomic E-state index is 0.0139. The molecule has 2 aromatic carbocycles. The zero-order chi connectivity index (χ0) is 13.7. The zero-order valence-corrected chi connectivity index (χ0v) is 10.5. The lowest BCUT2D eigenvalue weighted by atomic mass is 10.1. The van der Waals surface area contributed by atoms with Crippen LogP contribution in [0.2, 0.25) is 0 Å². The first-order valence-electron chi connectivity index (χ1n) is 6.07. The van der Waals surface area contributed by atoms with E-state index in [-0.39, 0.29) is 12.4 Å². The third kappa shape index (κ3) is 3.24. The summed E-state index contributed by atoms with van der Waals surface area (Å²) in [6.07, 6.45) is 0. The first kappa shape index (κ1) is 13.4. The Balaban J connectivity index is 2.13. The molecule has 0 aliphatic rings. The first-order chi connectivity index (χ1) is 9.22. The van der Waals surface area contributed by atoms with Crippen molar-refractivity contribution in [1.29, 1.82) is 0 Å². The predicted octanol–water partition coefficient (Wildman–Crippen LogP) is 1.96. The van der Waals surface area contributed by atoms with E-state index in [1.807, 2.05) is 30.3 Å². The summed E-state index contributed by atoms with van der Waals surface area (Å²) >= 11 is 0. The van der Waals surface area contributed by atoms with Crippen LogP contribution in [0.1, 0.15) is 17.2 Å². The second kappa shape index (κ2) is 6.22. The van der Waals surface area contributed by atoms with Crippen LogP contribution in [0.15, 0.2) is 48.5 Å². The molecule has 0 aromatic heterocycles. The molecule has 0 radical (unpaired) electrons. The van der Waals surface area contributed by atoms with E-state index in [0.29, 0.717) is 17.9 Å². The monoisotopic (exact) mass is 259 g/mol. The molecule has 19 heavy (non-hydrogen) atoms. The van der Waals surface area contributed by atoms with E-state index in [2.05, 4.69) is 0 Å². The number of ether oxygens (including phenoxy) is 1. The number of hydrogen-bond acceptors (Lipinski definition) is 4. The highest BCUT2D eigenvalue weighted by atomic mass is 16.5. The van der Waals surface area contributed by atoms with Crippen molar-refractivity contribution in [3.8, 4) is 11.5 Å². The Bertz CT molecular complexity index is 528. The number of aliphatic hydroxyl groups excluding tert-OH is 1. The second-order valence-corrected chi connectivity index (χ2v) is 4.26. The minimum atomic E-state index is -0.611. The number of hydrogen-bond donors (Lipinski definition) is 3. The van der Waals surface area contributed by atoms with Crippen LogP contribution < -0.4 is 10.5 Å². The van der Waals surface area contributed by atoms with Crippen molar-refractivity contribution in [2.24, 2.45) is 5.73 Å². The van der Waals surface area contributed by atoms with Crippen LogP contribution in [-0.2, 0) is 6.61 Å². The van der Waals surface area contributed by atoms with Crippen LogP contribution >= 0.6 is 0 Å². The molecule has 2 aromatic rings. The molecule has 0 unspecified atom stereocenters. The van der Waals surface area contributed by atoms with Gasteiger partial charge in [0, 0.05) is 5.56 Å². The van der Waals surface area contributed by atoms with E-state index in [4.69, 9.17) is 15.6 Å². The fourth-order valence-electron chi connectivity index (χ4n) is 1.79. The molecular weight excluding hydrogens is 242 g/mol. The van der Waals surface area contributed by atoms with Gasteiger partial charge in [0.25, 0.3) is 0 Å². The van der Waals surface area contributed by atoms with E-state index >= 15 is 0 Å². The highest BCUT2D eigenvalue weighted by Gasteiger charge is 2.13. The number of benzene rings is 2. The Morgan fingerprint density at radius 2 is 1.79 bits per heavy atom. The van der Waals surface area contributed by atoms with Gasteiger partial charge in [-0.15, -0.1) is 0 Å². The van der Waals surface area contributed by atoms with Gasteiger partial charge in [-0.3, -0.25) is 0 Å². The van der Waals surface area contributed by atoms with Crippen LogP contribution in [0.5, 0.6) is 11.5 Å². The van der Waals surface area contributed by atoms with E-state index in [1.54, 1.807) is 18.2 Å². The quantitative estimate of drug-likeness (QED) is 0.767. The molecule has 0 fully saturated rings. The van der Waals surface area contributed by atoms with Gasteiger partial charge in [-0.25, -0.2) is 0 Å². The number of aromatic hydroxyl groups is 1. The lowest BCUT2D eigenvalue weighted by Crippen LogP contribution is -2.14. The van der Waals surface area contributed by atoms with Gasteiger partial charge in [0.15, 0.2) is 11.5 Å². The smallest absolute Gasteiger partial charge is 0.162 e. The van der Waals surface area contributed by atoms with E-state index in [1.165, 1.54) is 0 Å². The van der Waals surface area contributed by atoms with Crippen molar-refractivity contribution in [3.05, 3.63) is 59.7 Å². The van der Waals surface area contributed by atoms with Crippen molar-refractivity contribution in [2.45, 2.75) is 12.6 Å². The highest BCUT2D eigenvalue weighted by Crippen LogP contribution is 2.33. The summed E-state index contributed by atoms with van der Waals surface area (Å²) in [7, 11) is 0. The molecular formula is C15H17NO3. The van der Waals surface area contributed by atoms with Gasteiger partial charge < -0.3 is 20.7 Å². The van der Waals surface area contributed by atoms with Crippen LogP contribution in [0.25, 0.3) is 0 Å². The standard InChI is InChI=1S/C15H17NO3/c16-13(9-17)12-7-4-8-14(15(12)18)19-10-11-5-2-1-3-6-11/h1-8,13,17-18H,9-10,16H2/t13-/m0/s1. The van der Waals surface area contributed by atoms with Crippen LogP contribution in [0.3, 0.4) is 0 Å². The van der Waals surface area contributed by atoms with Crippen molar-refractivity contribution >= 4 is 0 Å². The van der Waals surface area contributed by atoms with Gasteiger partial charge in [0.1, 0.15) is 6.61 Å². The fraction of sp³-hybridized carbons (Fsp3) is 0.200. The Morgan fingerprint density at radius 3 is 2.47 bits per heavy atom. The average Bonchev–Trinajstić information content (AvgIpc) is 2.46. The average molecular weight is 259 g/mol. The molecule has 4 heteroatoms. The molecule has 0 bridgehead atoms. The summed E-state index contributed by atoms with van der Waals surface area (Å²) in [6, 6.07) is 14.2. The SMILES string of the molecule is N[C@@H](CO)c1cccc(OCc2ccccc2)c1O. The van der Waals surface area contributed by atoms with Gasteiger partial charge in [-0.1, -0.05) is 42.5 Å². The third-order valence-corrected chi connectivity index (χ3v) is 2.86. The number of nitrogens with two attached hydrogens (primary N) is 1. The van der Waals surface area contributed by atoms with E-state index < -0.39 is 6.04 Å². The summed E-state index contributed by atoms with van der Waals surface area (Å²) in [5, 5.41) is 19.1. The summed E-state index contributed by atoms with van der Waals surface area (Å²) in [5.74, 6) is 0.352. The maximum Gasteiger partial charge on any atom is 0.162 e. The lowest BCUT2D eigenvalue weighted by molar-refractivity contribution is 0.260. The Morgan fingerprint density at radius 1 is 1.05 bits per heavy atom. The van der Waals surface area contributed by atoms with E-state index in [0.717, 1.165) is 5.56 Å². The topological polar surface area (TPSA) is 75.7 Å². The minimum Gasteiger partial charge on any atom is -0.504 e. The third-order valence-electron chi connectivity index (χ3n) is 2.86. The Hall–Kier alpha value is -2.04. The molecule has 0 spiro atoms. The molecule has 1 atom stereocenters. The molecule has 0 aliphatic heterocycles. The summed E-state index contributed by atoms with van der Waals surface area (Å²) in [5.41, 5.74) is 7.20. The van der Waals surface area contributed by atoms with Crippen molar-refractivity contribution in [2.75, 3.05) is 6.61 Å². The normalized spacial score (nSPS) is 12.1. The van der Waals surface area contributed by atoms with E-state index in [9.17, 15) is 5.11 Å². The summed E-state index contributed by atoms with van der Waals surface area (Å²) < 4.78 is 5.57. The van der Waals surface area contributed by atoms with Gasteiger partial charge in [-0.05, 0) is 11.6 Å². The lowest BCUT2D eigenvalue weighted by Gasteiger charge is -2.14. The van der Waals surface area contributed by atoms with Crippen molar-refractivity contribution < 1.29 is 14.9 Å². The van der Waals surface area contributed by atoms with Crippen LogP contribution in [-0.4, -0.2) is 16.8 Å². The number of para-hydroxylation sites is 1. The number of phenolic OH excluding ortho intramolecular Hbond substituents is 1. The summed E-state index contributed by atoms with van der Waals surface area (Å²) in [6.45, 7) is 0.141. The van der Waals surface area contributed by atoms with Gasteiger partial charge in [0.2, 0.25) is 0 Å². The first-order valence-corrected chi connectivity index (χ1v) is 6.07. The van der Waals surface area contributed by atoms with Crippen molar-refractivity contribution in [1.82, 2.24) is 0 Å². The number of aliphatic hydroxyl groups is 1. The molecule has 4 nitrogen and oxygen atoms in total. The molecule has 0 saturated heterocycles.